The summed E-state index contributed by atoms with van der Waals surface area (Å²) in [5.74, 6) is 0.156. The van der Waals surface area contributed by atoms with Gasteiger partial charge < -0.3 is 5.11 Å². The lowest BCUT2D eigenvalue weighted by molar-refractivity contribution is 0.475. The zero-order valence-corrected chi connectivity index (χ0v) is 12.8. The van der Waals surface area contributed by atoms with E-state index >= 15 is 0 Å². The Morgan fingerprint density at radius 3 is 2.48 bits per heavy atom. The second-order valence-corrected chi connectivity index (χ2v) is 5.28. The van der Waals surface area contributed by atoms with Crippen molar-refractivity contribution in [3.8, 4) is 11.4 Å². The number of aromatic nitrogens is 2. The summed E-state index contributed by atoms with van der Waals surface area (Å²) in [5, 5.41) is 20.4. The van der Waals surface area contributed by atoms with Crippen LogP contribution in [-0.4, -0.2) is 14.9 Å². The first-order valence-corrected chi connectivity index (χ1v) is 7.14. The van der Waals surface area contributed by atoms with E-state index in [1.165, 1.54) is 16.8 Å². The second kappa shape index (κ2) is 5.92. The molecule has 0 aliphatic carbocycles. The van der Waals surface area contributed by atoms with Crippen LogP contribution in [0.2, 0.25) is 0 Å². The number of benzene rings is 2. The Kier molecular flexibility index (Phi) is 3.80. The fourth-order valence-electron chi connectivity index (χ4n) is 2.23. The van der Waals surface area contributed by atoms with Crippen molar-refractivity contribution >= 4 is 11.4 Å². The molecule has 1 aromatic heterocycles. The molecular formula is C17H16N4O2. The average Bonchev–Trinajstić information content (AvgIpc) is 2.82. The molecule has 0 saturated heterocycles. The van der Waals surface area contributed by atoms with Crippen LogP contribution < -0.4 is 5.56 Å². The van der Waals surface area contributed by atoms with Crippen molar-refractivity contribution in [1.82, 2.24) is 9.78 Å². The standard InChI is InChI=1S/C17H16N4O2/c1-11-4-3-5-14(10-11)21-17(23)16(12(2)20-21)19-18-13-6-8-15(22)9-7-13/h3-10,20,22H,1-2H3. The fraction of sp³-hybridized carbons (Fsp3) is 0.118. The third-order valence-corrected chi connectivity index (χ3v) is 3.42. The van der Waals surface area contributed by atoms with E-state index in [0.29, 0.717) is 11.4 Å². The van der Waals surface area contributed by atoms with Gasteiger partial charge in [0.05, 0.1) is 17.1 Å². The van der Waals surface area contributed by atoms with Gasteiger partial charge in [-0.1, -0.05) is 12.1 Å². The summed E-state index contributed by atoms with van der Waals surface area (Å²) in [6.07, 6.45) is 0. The largest absolute Gasteiger partial charge is 0.508 e. The van der Waals surface area contributed by atoms with Gasteiger partial charge in [0.1, 0.15) is 5.75 Å². The predicted octanol–water partition coefficient (Wildman–Crippen LogP) is 3.90. The number of hydrogen-bond acceptors (Lipinski definition) is 4. The predicted molar refractivity (Wildman–Crippen MR) is 88.1 cm³/mol. The van der Waals surface area contributed by atoms with E-state index in [1.807, 2.05) is 31.2 Å². The molecule has 2 N–H and O–H groups in total. The number of H-pyrrole nitrogens is 1. The van der Waals surface area contributed by atoms with Gasteiger partial charge in [0.2, 0.25) is 0 Å². The molecule has 1 heterocycles. The van der Waals surface area contributed by atoms with Crippen molar-refractivity contribution in [2.75, 3.05) is 0 Å². The molecule has 0 unspecified atom stereocenters. The van der Waals surface area contributed by atoms with E-state index in [9.17, 15) is 9.90 Å². The number of phenols is 1. The Hall–Kier alpha value is -3.15. The van der Waals surface area contributed by atoms with Crippen LogP contribution in [0.5, 0.6) is 5.75 Å². The molecule has 6 nitrogen and oxygen atoms in total. The van der Waals surface area contributed by atoms with Crippen LogP contribution in [0.15, 0.2) is 63.6 Å². The highest BCUT2D eigenvalue weighted by Crippen LogP contribution is 2.21. The Balaban J connectivity index is 1.98. The maximum absolute atomic E-state index is 12.5. The number of aromatic amines is 1. The molecule has 0 bridgehead atoms. The normalized spacial score (nSPS) is 11.2. The lowest BCUT2D eigenvalue weighted by Gasteiger charge is -2.01. The van der Waals surface area contributed by atoms with Gasteiger partial charge in [-0.3, -0.25) is 9.89 Å². The molecule has 0 spiro atoms. The summed E-state index contributed by atoms with van der Waals surface area (Å²) in [5.41, 5.74) is 3.03. The summed E-state index contributed by atoms with van der Waals surface area (Å²) in [7, 11) is 0. The minimum absolute atomic E-state index is 0.156. The van der Waals surface area contributed by atoms with E-state index in [1.54, 1.807) is 19.1 Å². The lowest BCUT2D eigenvalue weighted by Crippen LogP contribution is -2.14. The highest BCUT2D eigenvalue weighted by Gasteiger charge is 2.12. The molecule has 0 amide bonds. The van der Waals surface area contributed by atoms with Gasteiger partial charge in [-0.15, -0.1) is 5.11 Å². The van der Waals surface area contributed by atoms with Crippen molar-refractivity contribution in [3.63, 3.8) is 0 Å². The molecule has 0 fully saturated rings. The number of nitrogens with one attached hydrogen (secondary N) is 1. The molecule has 3 aromatic rings. The SMILES string of the molecule is Cc1cccc(-n2[nH]c(C)c(N=Nc3ccc(O)cc3)c2=O)c1. The summed E-state index contributed by atoms with van der Waals surface area (Å²) in [4.78, 5) is 12.5. The monoisotopic (exact) mass is 308 g/mol. The highest BCUT2D eigenvalue weighted by molar-refractivity contribution is 5.45. The summed E-state index contributed by atoms with van der Waals surface area (Å²) in [6, 6.07) is 13.9. The Morgan fingerprint density at radius 1 is 1.04 bits per heavy atom. The van der Waals surface area contributed by atoms with Gasteiger partial charge in [-0.25, -0.2) is 4.68 Å². The smallest absolute Gasteiger partial charge is 0.299 e. The maximum atomic E-state index is 12.5. The Bertz CT molecular complexity index is 921. The van der Waals surface area contributed by atoms with Crippen LogP contribution in [-0.2, 0) is 0 Å². The minimum Gasteiger partial charge on any atom is -0.508 e. The summed E-state index contributed by atoms with van der Waals surface area (Å²) in [6.45, 7) is 3.74. The van der Waals surface area contributed by atoms with Gasteiger partial charge in [0.15, 0.2) is 5.69 Å². The zero-order chi connectivity index (χ0) is 16.4. The van der Waals surface area contributed by atoms with Gasteiger partial charge in [-0.05, 0) is 55.8 Å². The van der Waals surface area contributed by atoms with Gasteiger partial charge >= 0.3 is 0 Å². The van der Waals surface area contributed by atoms with E-state index < -0.39 is 0 Å². The third kappa shape index (κ3) is 3.06. The average molecular weight is 308 g/mol. The Morgan fingerprint density at radius 2 is 1.78 bits per heavy atom. The van der Waals surface area contributed by atoms with E-state index in [2.05, 4.69) is 15.3 Å². The van der Waals surface area contributed by atoms with E-state index in [0.717, 1.165) is 11.3 Å². The van der Waals surface area contributed by atoms with E-state index in [-0.39, 0.29) is 17.0 Å². The van der Waals surface area contributed by atoms with Crippen LogP contribution in [0.1, 0.15) is 11.3 Å². The molecular weight excluding hydrogens is 292 g/mol. The first kappa shape index (κ1) is 14.8. The molecule has 0 radical (unpaired) electrons. The quantitative estimate of drug-likeness (QED) is 0.719. The fourth-order valence-corrected chi connectivity index (χ4v) is 2.23. The highest BCUT2D eigenvalue weighted by atomic mass is 16.3. The summed E-state index contributed by atoms with van der Waals surface area (Å²) >= 11 is 0. The lowest BCUT2D eigenvalue weighted by atomic mass is 10.2. The van der Waals surface area contributed by atoms with Crippen molar-refractivity contribution in [2.24, 2.45) is 10.2 Å². The number of hydrogen-bond donors (Lipinski definition) is 2. The molecule has 116 valence electrons. The molecule has 3 rings (SSSR count). The van der Waals surface area contributed by atoms with Crippen molar-refractivity contribution in [3.05, 3.63) is 70.1 Å². The number of rotatable bonds is 3. The van der Waals surface area contributed by atoms with Crippen LogP contribution in [0.3, 0.4) is 0 Å². The first-order chi connectivity index (χ1) is 11.0. The molecule has 0 aliphatic rings. The van der Waals surface area contributed by atoms with Gasteiger partial charge in [0.25, 0.3) is 5.56 Å². The van der Waals surface area contributed by atoms with Gasteiger partial charge in [0, 0.05) is 0 Å². The van der Waals surface area contributed by atoms with Crippen molar-refractivity contribution in [2.45, 2.75) is 13.8 Å². The van der Waals surface area contributed by atoms with Crippen molar-refractivity contribution in [1.29, 1.82) is 0 Å². The summed E-state index contributed by atoms with van der Waals surface area (Å²) < 4.78 is 1.45. The molecule has 2 aromatic carbocycles. The van der Waals surface area contributed by atoms with Crippen molar-refractivity contribution < 1.29 is 5.11 Å². The number of aromatic hydroxyl groups is 1. The van der Waals surface area contributed by atoms with Crippen LogP contribution >= 0.6 is 0 Å². The third-order valence-electron chi connectivity index (χ3n) is 3.42. The number of aryl methyl sites for hydroxylation is 2. The molecule has 0 aliphatic heterocycles. The zero-order valence-electron chi connectivity index (χ0n) is 12.8. The van der Waals surface area contributed by atoms with E-state index in [4.69, 9.17) is 0 Å². The maximum Gasteiger partial charge on any atom is 0.299 e. The number of azo groups is 1. The topological polar surface area (TPSA) is 82.7 Å². The minimum atomic E-state index is -0.254. The Labute approximate surface area is 132 Å². The molecule has 0 atom stereocenters. The number of nitrogens with zero attached hydrogens (tertiary/aromatic N) is 3. The first-order valence-electron chi connectivity index (χ1n) is 7.14. The second-order valence-electron chi connectivity index (χ2n) is 5.28. The van der Waals surface area contributed by atoms with Gasteiger partial charge in [-0.2, -0.15) is 5.11 Å². The molecule has 23 heavy (non-hydrogen) atoms. The molecule has 6 heteroatoms. The van der Waals surface area contributed by atoms with Crippen LogP contribution in [0, 0.1) is 13.8 Å². The molecule has 0 saturated carbocycles. The van der Waals surface area contributed by atoms with Crippen LogP contribution in [0.4, 0.5) is 11.4 Å². The van der Waals surface area contributed by atoms with Crippen LogP contribution in [0.25, 0.3) is 5.69 Å². The number of phenolic OH excluding ortho intramolecular Hbond substituents is 1.